The zero-order valence-electron chi connectivity index (χ0n) is 20.1. The van der Waals surface area contributed by atoms with Crippen molar-refractivity contribution < 1.29 is 67.0 Å². The first kappa shape index (κ1) is 27.3. The smallest absolute Gasteiger partial charge is 0.310 e. The Labute approximate surface area is 205 Å². The van der Waals surface area contributed by atoms with Crippen LogP contribution in [-0.4, -0.2) is 90.4 Å². The highest BCUT2D eigenvalue weighted by Crippen LogP contribution is 2.42. The van der Waals surface area contributed by atoms with E-state index in [0.717, 1.165) is 27.7 Å². The molecule has 3 rings (SSSR count). The number of rotatable bonds is 8. The van der Waals surface area contributed by atoms with E-state index >= 15 is 0 Å². The molecule has 0 aromatic heterocycles. The number of carboxylic acids is 1. The van der Waals surface area contributed by atoms with Crippen molar-refractivity contribution in [1.29, 1.82) is 0 Å². The molecule has 0 aromatic carbocycles. The summed E-state index contributed by atoms with van der Waals surface area (Å²) in [5.74, 6) is -7.31. The summed E-state index contributed by atoms with van der Waals surface area (Å²) in [4.78, 5) is 71.2. The number of esters is 5. The molecule has 0 spiro atoms. The van der Waals surface area contributed by atoms with Crippen LogP contribution in [-0.2, 0) is 61.9 Å². The average Bonchev–Trinajstić information content (AvgIpc) is 3.03. The summed E-state index contributed by atoms with van der Waals surface area (Å²) in [7, 11) is 0. The van der Waals surface area contributed by atoms with Crippen LogP contribution >= 0.6 is 0 Å². The first-order valence-corrected chi connectivity index (χ1v) is 11.3. The van der Waals surface area contributed by atoms with Crippen LogP contribution in [0.2, 0.25) is 0 Å². The molecular weight excluding hydrogens is 488 g/mol. The van der Waals surface area contributed by atoms with Gasteiger partial charge in [0.2, 0.25) is 0 Å². The number of ether oxygens (including phenoxy) is 7. The molecule has 36 heavy (non-hydrogen) atoms. The van der Waals surface area contributed by atoms with Crippen molar-refractivity contribution in [2.75, 3.05) is 6.61 Å². The fourth-order valence-electron chi connectivity index (χ4n) is 4.72. The van der Waals surface area contributed by atoms with Crippen LogP contribution in [0.25, 0.3) is 0 Å². The molecule has 2 saturated heterocycles. The molecule has 9 atom stereocenters. The number of aliphatic carboxylic acids is 1. The molecule has 2 heterocycles. The second kappa shape index (κ2) is 11.2. The molecule has 14 heteroatoms. The average molecular weight is 516 g/mol. The molecule has 2 aliphatic heterocycles. The van der Waals surface area contributed by atoms with Gasteiger partial charge in [0.1, 0.15) is 18.8 Å². The Balaban J connectivity index is 1.97. The highest BCUT2D eigenvalue weighted by Gasteiger charge is 2.57. The first-order valence-electron chi connectivity index (χ1n) is 11.3. The van der Waals surface area contributed by atoms with Crippen molar-refractivity contribution in [3.63, 3.8) is 0 Å². The maximum absolute atomic E-state index is 12.1. The summed E-state index contributed by atoms with van der Waals surface area (Å²) in [6.45, 7) is 3.90. The Morgan fingerprint density at radius 1 is 0.861 bits per heavy atom. The number of carboxylic acid groups (broad SMARTS) is 1. The molecule has 3 aliphatic rings. The van der Waals surface area contributed by atoms with E-state index in [1.54, 1.807) is 0 Å². The molecule has 0 aromatic rings. The number of fused-ring (bicyclic) bond motifs is 2. The largest absolute Gasteiger partial charge is 0.481 e. The highest BCUT2D eigenvalue weighted by molar-refractivity contribution is 5.83. The quantitative estimate of drug-likeness (QED) is 0.321. The second-order valence-corrected chi connectivity index (χ2v) is 8.74. The SMILES string of the molecule is CC(=O)OC[C@H]1O[C@@H](O[C@H]2C[C@@H]3C[C@@H](C(=O)O3)[C@H]2C(=O)O)[C@H](OC(C)=O)[C@@H](OC(C)=O)[C@@H]1OC(C)=O. The summed E-state index contributed by atoms with van der Waals surface area (Å²) < 4.78 is 38.0. The third-order valence-corrected chi connectivity index (χ3v) is 5.97. The lowest BCUT2D eigenvalue weighted by molar-refractivity contribution is -0.322. The molecule has 3 fully saturated rings. The van der Waals surface area contributed by atoms with Crippen LogP contribution in [0, 0.1) is 11.8 Å². The van der Waals surface area contributed by atoms with Crippen LogP contribution in [0.15, 0.2) is 0 Å². The number of hydrogen-bond acceptors (Lipinski definition) is 13. The van der Waals surface area contributed by atoms with E-state index in [9.17, 15) is 33.9 Å². The monoisotopic (exact) mass is 516 g/mol. The molecule has 200 valence electrons. The van der Waals surface area contributed by atoms with E-state index in [2.05, 4.69) is 0 Å². The van der Waals surface area contributed by atoms with E-state index in [0.29, 0.717) is 0 Å². The predicted molar refractivity (Wildman–Crippen MR) is 111 cm³/mol. The van der Waals surface area contributed by atoms with E-state index in [4.69, 9.17) is 33.2 Å². The van der Waals surface area contributed by atoms with Gasteiger partial charge < -0.3 is 38.3 Å². The third-order valence-electron chi connectivity index (χ3n) is 5.97. The summed E-state index contributed by atoms with van der Waals surface area (Å²) in [6, 6.07) is 0. The second-order valence-electron chi connectivity index (χ2n) is 8.74. The summed E-state index contributed by atoms with van der Waals surface area (Å²) in [5, 5.41) is 9.80. The van der Waals surface area contributed by atoms with Crippen molar-refractivity contribution in [2.24, 2.45) is 11.8 Å². The molecule has 0 radical (unpaired) electrons. The molecule has 0 amide bonds. The molecule has 2 bridgehead atoms. The molecule has 0 unspecified atom stereocenters. The van der Waals surface area contributed by atoms with Gasteiger partial charge in [-0.3, -0.25) is 28.8 Å². The topological polar surface area (TPSA) is 187 Å². The van der Waals surface area contributed by atoms with Gasteiger partial charge >= 0.3 is 35.8 Å². The predicted octanol–water partition coefficient (Wildman–Crippen LogP) is -0.509. The van der Waals surface area contributed by atoms with Crippen molar-refractivity contribution in [1.82, 2.24) is 0 Å². The van der Waals surface area contributed by atoms with E-state index in [1.165, 1.54) is 0 Å². The van der Waals surface area contributed by atoms with Crippen molar-refractivity contribution in [3.8, 4) is 0 Å². The van der Waals surface area contributed by atoms with Crippen molar-refractivity contribution in [3.05, 3.63) is 0 Å². The van der Waals surface area contributed by atoms with Crippen LogP contribution in [0.4, 0.5) is 0 Å². The fraction of sp³-hybridized carbons (Fsp3) is 0.727. The summed E-state index contributed by atoms with van der Waals surface area (Å²) in [5.41, 5.74) is 0. The van der Waals surface area contributed by atoms with Crippen LogP contribution in [0.3, 0.4) is 0 Å². The lowest BCUT2D eigenvalue weighted by Gasteiger charge is -2.45. The molecule has 14 nitrogen and oxygen atoms in total. The third kappa shape index (κ3) is 6.29. The standard InChI is InChI=1S/C22H28O14/c1-8(23)30-7-15-17(31-9(2)24)18(32-10(3)25)19(33-11(4)26)22(36-15)35-14-6-12-5-13(21(29)34-12)16(14)20(27)28/h12-19,22H,5-7H2,1-4H3,(H,27,28)/t12-,13+,14-,15+,16+,17+,18-,19+,22+/m0/s1. The Kier molecular flexibility index (Phi) is 8.51. The lowest BCUT2D eigenvalue weighted by Crippen LogP contribution is -2.63. The minimum absolute atomic E-state index is 0.0199. The molecule has 1 aliphatic carbocycles. The highest BCUT2D eigenvalue weighted by atomic mass is 16.7. The van der Waals surface area contributed by atoms with Crippen molar-refractivity contribution >= 4 is 35.8 Å². The van der Waals surface area contributed by atoms with Crippen LogP contribution in [0.1, 0.15) is 40.5 Å². The first-order chi connectivity index (χ1) is 16.9. The van der Waals surface area contributed by atoms with Gasteiger partial charge in [-0.2, -0.15) is 0 Å². The van der Waals surface area contributed by atoms with Gasteiger partial charge in [0.15, 0.2) is 24.6 Å². The fourth-order valence-corrected chi connectivity index (χ4v) is 4.72. The van der Waals surface area contributed by atoms with E-state index < -0.39 is 97.2 Å². The molecule has 1 saturated carbocycles. The van der Waals surface area contributed by atoms with Crippen LogP contribution < -0.4 is 0 Å². The number of carbonyl (C=O) groups excluding carboxylic acids is 5. The molecular formula is C22H28O14. The van der Waals surface area contributed by atoms with Gasteiger partial charge in [-0.05, 0) is 6.42 Å². The van der Waals surface area contributed by atoms with Gasteiger partial charge in [0.05, 0.1) is 17.9 Å². The van der Waals surface area contributed by atoms with Gasteiger partial charge in [-0.25, -0.2) is 0 Å². The van der Waals surface area contributed by atoms with Gasteiger partial charge in [-0.1, -0.05) is 0 Å². The summed E-state index contributed by atoms with van der Waals surface area (Å²) >= 11 is 0. The minimum atomic E-state index is -1.55. The number of hydrogen-bond donors (Lipinski definition) is 1. The minimum Gasteiger partial charge on any atom is -0.481 e. The Morgan fingerprint density at radius 3 is 2.00 bits per heavy atom. The lowest BCUT2D eigenvalue weighted by atomic mass is 9.78. The van der Waals surface area contributed by atoms with E-state index in [1.807, 2.05) is 0 Å². The van der Waals surface area contributed by atoms with E-state index in [-0.39, 0.29) is 12.8 Å². The normalized spacial score (nSPS) is 35.2. The summed E-state index contributed by atoms with van der Waals surface area (Å²) in [6.07, 6.45) is -8.60. The van der Waals surface area contributed by atoms with Crippen molar-refractivity contribution in [2.45, 2.75) is 83.5 Å². The Hall–Kier alpha value is -3.26. The van der Waals surface area contributed by atoms with Gasteiger partial charge in [0.25, 0.3) is 0 Å². The maximum atomic E-state index is 12.1. The van der Waals surface area contributed by atoms with Crippen LogP contribution in [0.5, 0.6) is 0 Å². The molecule has 1 N–H and O–H groups in total. The Bertz CT molecular complexity index is 914. The Morgan fingerprint density at radius 2 is 1.44 bits per heavy atom. The maximum Gasteiger partial charge on any atom is 0.310 e. The zero-order valence-corrected chi connectivity index (χ0v) is 20.1. The van der Waals surface area contributed by atoms with Gasteiger partial charge in [-0.15, -0.1) is 0 Å². The van der Waals surface area contributed by atoms with Gasteiger partial charge in [0, 0.05) is 34.1 Å². The zero-order chi connectivity index (χ0) is 26.7. The number of carbonyl (C=O) groups is 6.